The summed E-state index contributed by atoms with van der Waals surface area (Å²) in [5.74, 6) is -0.740. The summed E-state index contributed by atoms with van der Waals surface area (Å²) in [7, 11) is 0. The highest BCUT2D eigenvalue weighted by atomic mass is 16.5. The van der Waals surface area contributed by atoms with E-state index in [1.54, 1.807) is 35.8 Å². The summed E-state index contributed by atoms with van der Waals surface area (Å²) in [6.07, 6.45) is 8.44. The second kappa shape index (κ2) is 10.7. The lowest BCUT2D eigenvalue weighted by molar-refractivity contribution is -0.116. The topological polar surface area (TPSA) is 103 Å². The number of hydrogen-bond donors (Lipinski definition) is 4. The molecule has 0 atom stereocenters. The van der Waals surface area contributed by atoms with E-state index in [2.05, 4.69) is 22.8 Å². The Morgan fingerprint density at radius 3 is 2.61 bits per heavy atom. The molecule has 1 heterocycles. The normalized spacial score (nSPS) is 13.0. The molecule has 0 fully saturated rings. The van der Waals surface area contributed by atoms with E-state index in [0.29, 0.717) is 12.1 Å². The Balaban J connectivity index is 1.28. The van der Waals surface area contributed by atoms with Gasteiger partial charge < -0.3 is 10.6 Å². The highest BCUT2D eigenvalue weighted by Crippen LogP contribution is 2.33. The van der Waals surface area contributed by atoms with Crippen LogP contribution in [0.1, 0.15) is 46.4 Å². The molecule has 2 amide bonds. The largest absolute Gasteiger partial charge is 0.384 e. The number of para-hydroxylation sites is 1. The standard InChI is InChI=1S/C26H28N4O3/c31-24(15-12-18-10-13-19(14-11-18)26(32)30-33)27-16-5-17-28-25-20-6-1-3-8-22(20)29-23-9-4-2-7-21(23)25/h1,3,6,8,10-15,33H,2,4-5,7,9,16-17H2,(H,27,31)(H,28,29)(H,30,32)/b15-12+. The fourth-order valence-corrected chi connectivity index (χ4v) is 4.13. The summed E-state index contributed by atoms with van der Waals surface area (Å²) in [6.45, 7) is 1.33. The molecule has 1 aromatic heterocycles. The van der Waals surface area contributed by atoms with Crippen molar-refractivity contribution >= 4 is 34.5 Å². The predicted molar refractivity (Wildman–Crippen MR) is 129 cm³/mol. The van der Waals surface area contributed by atoms with Crippen LogP contribution in [0.2, 0.25) is 0 Å². The van der Waals surface area contributed by atoms with Gasteiger partial charge in [-0.1, -0.05) is 30.3 Å². The lowest BCUT2D eigenvalue weighted by atomic mass is 9.92. The number of pyridine rings is 1. The molecule has 2 aromatic carbocycles. The van der Waals surface area contributed by atoms with E-state index >= 15 is 0 Å². The van der Waals surface area contributed by atoms with Crippen molar-refractivity contribution in [3.8, 4) is 0 Å². The number of anilines is 1. The van der Waals surface area contributed by atoms with E-state index in [0.717, 1.165) is 42.3 Å². The maximum absolute atomic E-state index is 12.1. The molecule has 7 heteroatoms. The molecular weight excluding hydrogens is 416 g/mol. The van der Waals surface area contributed by atoms with E-state index in [9.17, 15) is 9.59 Å². The number of rotatable bonds is 8. The van der Waals surface area contributed by atoms with Gasteiger partial charge in [-0.15, -0.1) is 0 Å². The van der Waals surface area contributed by atoms with Gasteiger partial charge in [-0.05, 0) is 67.5 Å². The second-order valence-corrected chi connectivity index (χ2v) is 8.10. The lowest BCUT2D eigenvalue weighted by Crippen LogP contribution is -2.24. The zero-order valence-corrected chi connectivity index (χ0v) is 18.4. The number of carbonyl (C=O) groups is 2. The molecule has 0 unspecified atom stereocenters. The number of nitrogens with zero attached hydrogens (tertiary/aromatic N) is 1. The van der Waals surface area contributed by atoms with Crippen molar-refractivity contribution < 1.29 is 14.8 Å². The number of fused-ring (bicyclic) bond motifs is 2. The first-order valence-electron chi connectivity index (χ1n) is 11.3. The van der Waals surface area contributed by atoms with Crippen molar-refractivity contribution in [1.82, 2.24) is 15.8 Å². The van der Waals surface area contributed by atoms with Gasteiger partial charge >= 0.3 is 0 Å². The van der Waals surface area contributed by atoms with Crippen LogP contribution in [0.15, 0.2) is 54.6 Å². The number of aryl methyl sites for hydroxylation is 1. The average Bonchev–Trinajstić information content (AvgIpc) is 2.86. The molecule has 3 aromatic rings. The van der Waals surface area contributed by atoms with E-state index < -0.39 is 5.91 Å². The first kappa shape index (κ1) is 22.5. The Bertz CT molecular complexity index is 1170. The molecule has 4 rings (SSSR count). The minimum atomic E-state index is -0.572. The van der Waals surface area contributed by atoms with Crippen LogP contribution >= 0.6 is 0 Å². The van der Waals surface area contributed by atoms with Crippen molar-refractivity contribution in [2.24, 2.45) is 0 Å². The second-order valence-electron chi connectivity index (χ2n) is 8.10. The summed E-state index contributed by atoms with van der Waals surface area (Å²) in [5.41, 5.74) is 7.50. The zero-order valence-electron chi connectivity index (χ0n) is 18.4. The molecule has 7 nitrogen and oxygen atoms in total. The van der Waals surface area contributed by atoms with Gasteiger partial charge in [-0.25, -0.2) is 5.48 Å². The van der Waals surface area contributed by atoms with Crippen LogP contribution in [-0.4, -0.2) is 35.1 Å². The van der Waals surface area contributed by atoms with Gasteiger partial charge in [0.25, 0.3) is 5.91 Å². The molecule has 170 valence electrons. The van der Waals surface area contributed by atoms with Crippen LogP contribution in [0.4, 0.5) is 5.69 Å². The molecule has 0 spiro atoms. The van der Waals surface area contributed by atoms with Crippen molar-refractivity contribution in [1.29, 1.82) is 0 Å². The molecule has 0 aliphatic heterocycles. The minimum absolute atomic E-state index is 0.168. The van der Waals surface area contributed by atoms with Gasteiger partial charge in [-0.2, -0.15) is 0 Å². The Hall–Kier alpha value is -3.71. The maximum Gasteiger partial charge on any atom is 0.274 e. The van der Waals surface area contributed by atoms with Crippen LogP contribution < -0.4 is 16.1 Å². The Morgan fingerprint density at radius 2 is 1.79 bits per heavy atom. The summed E-state index contributed by atoms with van der Waals surface area (Å²) >= 11 is 0. The third kappa shape index (κ3) is 5.56. The highest BCUT2D eigenvalue weighted by molar-refractivity contribution is 5.95. The van der Waals surface area contributed by atoms with Crippen molar-refractivity contribution in [3.05, 3.63) is 77.0 Å². The van der Waals surface area contributed by atoms with Crippen molar-refractivity contribution in [3.63, 3.8) is 0 Å². The van der Waals surface area contributed by atoms with Crippen LogP contribution in [0.3, 0.4) is 0 Å². The molecule has 33 heavy (non-hydrogen) atoms. The average molecular weight is 445 g/mol. The third-order valence-electron chi connectivity index (χ3n) is 5.83. The zero-order chi connectivity index (χ0) is 23.0. The highest BCUT2D eigenvalue weighted by Gasteiger charge is 2.17. The van der Waals surface area contributed by atoms with Gasteiger partial charge in [0.05, 0.1) is 5.52 Å². The first-order valence-corrected chi connectivity index (χ1v) is 11.3. The fraction of sp³-hybridized carbons (Fsp3) is 0.269. The van der Waals surface area contributed by atoms with E-state index in [-0.39, 0.29) is 5.91 Å². The predicted octanol–water partition coefficient (Wildman–Crippen LogP) is 3.86. The molecular formula is C26H28N4O3. The third-order valence-corrected chi connectivity index (χ3v) is 5.83. The first-order chi connectivity index (χ1) is 16.2. The van der Waals surface area contributed by atoms with Crippen LogP contribution in [0.5, 0.6) is 0 Å². The van der Waals surface area contributed by atoms with Gasteiger partial charge in [0.1, 0.15) is 0 Å². The molecule has 1 aliphatic carbocycles. The number of benzene rings is 2. The molecule has 0 radical (unpaired) electrons. The van der Waals surface area contributed by atoms with Crippen molar-refractivity contribution in [2.45, 2.75) is 32.1 Å². The lowest BCUT2D eigenvalue weighted by Gasteiger charge is -2.21. The number of hydroxylamine groups is 1. The summed E-state index contributed by atoms with van der Waals surface area (Å²) in [5, 5.41) is 16.3. The quantitative estimate of drug-likeness (QED) is 0.183. The molecule has 4 N–H and O–H groups in total. The van der Waals surface area contributed by atoms with Gasteiger partial charge in [-0.3, -0.25) is 19.8 Å². The van der Waals surface area contributed by atoms with Crippen LogP contribution in [0.25, 0.3) is 17.0 Å². The SMILES string of the molecule is O=C(/C=C/c1ccc(C(=O)NO)cc1)NCCCNc1c2c(nc3ccccc13)CCCC2. The number of amides is 2. The monoisotopic (exact) mass is 444 g/mol. The van der Waals surface area contributed by atoms with E-state index in [1.165, 1.54) is 35.9 Å². The maximum atomic E-state index is 12.1. The smallest absolute Gasteiger partial charge is 0.274 e. The van der Waals surface area contributed by atoms with E-state index in [4.69, 9.17) is 10.2 Å². The van der Waals surface area contributed by atoms with Gasteiger partial charge in [0.2, 0.25) is 5.91 Å². The van der Waals surface area contributed by atoms with Crippen molar-refractivity contribution in [2.75, 3.05) is 18.4 Å². The van der Waals surface area contributed by atoms with Gasteiger partial charge in [0.15, 0.2) is 0 Å². The summed E-state index contributed by atoms with van der Waals surface area (Å²) in [6, 6.07) is 14.8. The minimum Gasteiger partial charge on any atom is -0.384 e. The summed E-state index contributed by atoms with van der Waals surface area (Å²) in [4.78, 5) is 28.3. The van der Waals surface area contributed by atoms with Crippen LogP contribution in [0, 0.1) is 0 Å². The Morgan fingerprint density at radius 1 is 1.00 bits per heavy atom. The van der Waals surface area contributed by atoms with Crippen LogP contribution in [-0.2, 0) is 17.6 Å². The molecule has 0 bridgehead atoms. The number of aromatic nitrogens is 1. The van der Waals surface area contributed by atoms with E-state index in [1.807, 2.05) is 12.1 Å². The summed E-state index contributed by atoms with van der Waals surface area (Å²) < 4.78 is 0. The number of hydrogen-bond acceptors (Lipinski definition) is 5. The molecule has 0 saturated carbocycles. The fourth-order valence-electron chi connectivity index (χ4n) is 4.13. The Labute approximate surface area is 192 Å². The molecule has 0 saturated heterocycles. The van der Waals surface area contributed by atoms with Gasteiger partial charge in [0, 0.05) is 41.5 Å². The number of nitrogens with one attached hydrogen (secondary N) is 3. The molecule has 1 aliphatic rings. The number of carbonyl (C=O) groups excluding carboxylic acids is 2. The Kier molecular flexibility index (Phi) is 7.32.